The largest absolute Gasteiger partial charge is 0.455 e. The maximum absolute atomic E-state index is 12.7. The van der Waals surface area contributed by atoms with Gasteiger partial charge in [-0.2, -0.15) is 0 Å². The zero-order chi connectivity index (χ0) is 25.1. The zero-order valence-electron chi connectivity index (χ0n) is 19.4. The highest BCUT2D eigenvalue weighted by atomic mass is 32.2. The molecule has 2 N–H and O–H groups in total. The van der Waals surface area contributed by atoms with Crippen LogP contribution in [0, 0.1) is 6.92 Å². The Morgan fingerprint density at radius 2 is 1.94 bits per heavy atom. The molecule has 1 unspecified atom stereocenters. The molecule has 1 fully saturated rings. The molecule has 34 heavy (non-hydrogen) atoms. The number of ether oxygens (including phenoxy) is 3. The third-order valence-electron chi connectivity index (χ3n) is 5.79. The second-order valence-electron chi connectivity index (χ2n) is 8.16. The minimum atomic E-state index is -3.81. The summed E-state index contributed by atoms with van der Waals surface area (Å²) in [6.45, 7) is 4.51. The summed E-state index contributed by atoms with van der Waals surface area (Å²) in [5.41, 5.74) is -1.79. The summed E-state index contributed by atoms with van der Waals surface area (Å²) in [6.07, 6.45) is -2.00. The number of benzene rings is 1. The van der Waals surface area contributed by atoms with Crippen molar-refractivity contribution in [2.45, 2.75) is 57.8 Å². The van der Waals surface area contributed by atoms with E-state index >= 15 is 0 Å². The third kappa shape index (κ3) is 5.46. The molecular formula is C22H29N3O8S. The summed E-state index contributed by atoms with van der Waals surface area (Å²) >= 11 is 0. The van der Waals surface area contributed by atoms with Crippen LogP contribution >= 0.6 is 0 Å². The van der Waals surface area contributed by atoms with E-state index in [1.54, 1.807) is 6.92 Å². The van der Waals surface area contributed by atoms with Gasteiger partial charge in [0.1, 0.15) is 11.7 Å². The van der Waals surface area contributed by atoms with Gasteiger partial charge in [-0.25, -0.2) is 17.9 Å². The molecule has 11 nitrogen and oxygen atoms in total. The number of aromatic nitrogens is 2. The molecule has 1 aromatic heterocycles. The highest BCUT2D eigenvalue weighted by molar-refractivity contribution is 7.89. The first-order valence-corrected chi connectivity index (χ1v) is 12.4. The number of H-pyrrole nitrogens is 1. The van der Waals surface area contributed by atoms with Crippen molar-refractivity contribution in [3.63, 3.8) is 0 Å². The van der Waals surface area contributed by atoms with Crippen LogP contribution < -0.4 is 16.0 Å². The van der Waals surface area contributed by atoms with Gasteiger partial charge in [0, 0.05) is 18.7 Å². The Bertz CT molecular complexity index is 1240. The minimum Gasteiger partial charge on any atom is -0.455 e. The molecule has 0 radical (unpaired) electrons. The predicted octanol–water partition coefficient (Wildman–Crippen LogP) is 0.589. The lowest BCUT2D eigenvalue weighted by Crippen LogP contribution is -2.51. The SMILES string of the molecule is CC[C@@]1(CS(=O)(=O)NC)O[C@@H](n2cc(C)c(=O)[nH]c2=O)[C@@H](OC(C)=O)C1OCc1ccccc1. The van der Waals surface area contributed by atoms with Gasteiger partial charge in [-0.1, -0.05) is 37.3 Å². The summed E-state index contributed by atoms with van der Waals surface area (Å²) in [7, 11) is -2.53. The first-order chi connectivity index (χ1) is 16.0. The van der Waals surface area contributed by atoms with Gasteiger partial charge in [0.2, 0.25) is 10.0 Å². The summed E-state index contributed by atoms with van der Waals surface area (Å²) in [6, 6.07) is 9.18. The molecule has 0 spiro atoms. The van der Waals surface area contributed by atoms with Crippen molar-refractivity contribution in [3.05, 3.63) is 68.5 Å². The van der Waals surface area contributed by atoms with E-state index in [0.29, 0.717) is 0 Å². The van der Waals surface area contributed by atoms with Crippen molar-refractivity contribution >= 4 is 16.0 Å². The van der Waals surface area contributed by atoms with Gasteiger partial charge in [-0.3, -0.25) is 19.1 Å². The minimum absolute atomic E-state index is 0.0836. The molecule has 1 aromatic carbocycles. The number of carbonyl (C=O) groups is 1. The number of nitrogens with zero attached hydrogens (tertiary/aromatic N) is 1. The van der Waals surface area contributed by atoms with Crippen molar-refractivity contribution < 1.29 is 27.4 Å². The number of hydrogen-bond acceptors (Lipinski definition) is 8. The number of hydrogen-bond donors (Lipinski definition) is 2. The number of rotatable bonds is 9. The molecule has 12 heteroatoms. The molecule has 0 aliphatic carbocycles. The van der Waals surface area contributed by atoms with E-state index in [4.69, 9.17) is 14.2 Å². The van der Waals surface area contributed by atoms with E-state index in [-0.39, 0.29) is 18.6 Å². The fraction of sp³-hybridized carbons (Fsp3) is 0.500. The van der Waals surface area contributed by atoms with Crippen molar-refractivity contribution in [1.29, 1.82) is 0 Å². The maximum atomic E-state index is 12.7. The van der Waals surface area contributed by atoms with Crippen molar-refractivity contribution in [1.82, 2.24) is 14.3 Å². The fourth-order valence-corrected chi connectivity index (χ4v) is 5.25. The van der Waals surface area contributed by atoms with Gasteiger partial charge < -0.3 is 14.2 Å². The number of aryl methyl sites for hydroxylation is 1. The quantitative estimate of drug-likeness (QED) is 0.481. The Balaban J connectivity index is 2.13. The lowest BCUT2D eigenvalue weighted by Gasteiger charge is -2.33. The van der Waals surface area contributed by atoms with Crippen LogP contribution in [-0.2, 0) is 35.6 Å². The fourth-order valence-electron chi connectivity index (χ4n) is 4.03. The van der Waals surface area contributed by atoms with E-state index in [0.717, 1.165) is 10.1 Å². The molecule has 0 bridgehead atoms. The number of nitrogens with one attached hydrogen (secondary N) is 2. The standard InChI is InChI=1S/C22H29N3O8S/c1-5-22(13-34(29,30)23-4)18(31-12-16-9-7-6-8-10-16)17(32-15(3)26)20(33-22)25-11-14(2)19(27)24-21(25)28/h6-11,17-18,20,23H,5,12-13H2,1-4H3,(H,24,27,28)/t17-,18?,20+,22-/m0/s1. The Labute approximate surface area is 197 Å². The molecule has 2 aromatic rings. The summed E-state index contributed by atoms with van der Waals surface area (Å²) in [5, 5.41) is 0. The van der Waals surface area contributed by atoms with Crippen LogP contribution in [0.1, 0.15) is 37.6 Å². The lowest BCUT2D eigenvalue weighted by molar-refractivity contribution is -0.158. The van der Waals surface area contributed by atoms with Gasteiger partial charge in [0.25, 0.3) is 5.56 Å². The van der Waals surface area contributed by atoms with Crippen LogP contribution in [0.4, 0.5) is 0 Å². The van der Waals surface area contributed by atoms with Crippen LogP contribution in [0.3, 0.4) is 0 Å². The van der Waals surface area contributed by atoms with Crippen molar-refractivity contribution in [2.75, 3.05) is 12.8 Å². The van der Waals surface area contributed by atoms with Crippen molar-refractivity contribution in [3.8, 4) is 0 Å². The van der Waals surface area contributed by atoms with Gasteiger partial charge >= 0.3 is 11.7 Å². The molecule has 2 heterocycles. The average Bonchev–Trinajstić information content (AvgIpc) is 3.07. The van der Waals surface area contributed by atoms with Crippen molar-refractivity contribution in [2.24, 2.45) is 0 Å². The van der Waals surface area contributed by atoms with E-state index < -0.39 is 57.0 Å². The lowest BCUT2D eigenvalue weighted by atomic mass is 9.94. The molecule has 186 valence electrons. The zero-order valence-corrected chi connectivity index (χ0v) is 20.3. The molecule has 0 amide bonds. The van der Waals surface area contributed by atoms with Crippen LogP contribution in [0.2, 0.25) is 0 Å². The first-order valence-electron chi connectivity index (χ1n) is 10.8. The maximum Gasteiger partial charge on any atom is 0.330 e. The molecule has 1 saturated heterocycles. The number of carbonyl (C=O) groups excluding carboxylic acids is 1. The van der Waals surface area contributed by atoms with Crippen LogP contribution in [0.15, 0.2) is 46.1 Å². The highest BCUT2D eigenvalue weighted by Crippen LogP contribution is 2.43. The Morgan fingerprint density at radius 3 is 2.53 bits per heavy atom. The Morgan fingerprint density at radius 1 is 1.26 bits per heavy atom. The molecule has 0 saturated carbocycles. The Hall–Kier alpha value is -2.80. The van der Waals surface area contributed by atoms with E-state index in [1.807, 2.05) is 30.3 Å². The summed E-state index contributed by atoms with van der Waals surface area (Å²) in [4.78, 5) is 38.8. The van der Waals surface area contributed by atoms with Crippen LogP contribution in [0.5, 0.6) is 0 Å². The Kier molecular flexibility index (Phi) is 7.76. The van der Waals surface area contributed by atoms with Gasteiger partial charge in [0.05, 0.1) is 12.4 Å². The second-order valence-corrected chi connectivity index (χ2v) is 10.1. The van der Waals surface area contributed by atoms with Crippen LogP contribution in [-0.4, -0.2) is 54.5 Å². The van der Waals surface area contributed by atoms with Gasteiger partial charge in [-0.15, -0.1) is 0 Å². The average molecular weight is 496 g/mol. The number of esters is 1. The summed E-state index contributed by atoms with van der Waals surface area (Å²) in [5.74, 6) is -1.16. The molecular weight excluding hydrogens is 466 g/mol. The monoisotopic (exact) mass is 495 g/mol. The van der Waals surface area contributed by atoms with Crippen LogP contribution in [0.25, 0.3) is 0 Å². The van der Waals surface area contributed by atoms with Gasteiger partial charge in [-0.05, 0) is 26.0 Å². The molecule has 3 rings (SSSR count). The molecule has 4 atom stereocenters. The van der Waals surface area contributed by atoms with E-state index in [9.17, 15) is 22.8 Å². The number of aromatic amines is 1. The smallest absolute Gasteiger partial charge is 0.330 e. The van der Waals surface area contributed by atoms with E-state index in [2.05, 4.69) is 9.71 Å². The molecule has 1 aliphatic heterocycles. The topological polar surface area (TPSA) is 146 Å². The molecule has 1 aliphatic rings. The highest BCUT2D eigenvalue weighted by Gasteiger charge is 2.59. The second kappa shape index (κ2) is 10.2. The number of sulfonamides is 1. The third-order valence-corrected chi connectivity index (χ3v) is 7.28. The van der Waals surface area contributed by atoms with Gasteiger partial charge in [0.15, 0.2) is 12.3 Å². The normalized spacial score (nSPS) is 24.8. The first kappa shape index (κ1) is 25.8. The predicted molar refractivity (Wildman–Crippen MR) is 123 cm³/mol. The summed E-state index contributed by atoms with van der Waals surface area (Å²) < 4.78 is 46.5. The van der Waals surface area contributed by atoms with E-state index in [1.165, 1.54) is 27.1 Å².